The minimum atomic E-state index is -0.443. The molecule has 0 fully saturated rings. The standard InChI is InChI=1S/C25H24N2O4/c1-25(2,3)17-4-6-20-21(11-17)22(24(30)27-23(20)29)13-26-12-16-10-18(28)5-7-19(16)15-8-9-31-14-15/h4-11,13-14,26,28H,12H2,1-3H3,(H,27,29,30)/b22-13-. The molecule has 1 aromatic heterocycles. The van der Waals surface area contributed by atoms with E-state index in [2.05, 4.69) is 31.4 Å². The summed E-state index contributed by atoms with van der Waals surface area (Å²) in [4.78, 5) is 24.9. The highest BCUT2D eigenvalue weighted by Crippen LogP contribution is 2.31. The number of carbonyl (C=O) groups is 2. The molecule has 2 heterocycles. The number of furan rings is 1. The molecular weight excluding hydrogens is 392 g/mol. The molecule has 0 saturated heterocycles. The van der Waals surface area contributed by atoms with Crippen LogP contribution in [0.4, 0.5) is 0 Å². The van der Waals surface area contributed by atoms with Gasteiger partial charge in [-0.3, -0.25) is 14.9 Å². The van der Waals surface area contributed by atoms with Crippen molar-refractivity contribution in [3.05, 3.63) is 83.4 Å². The van der Waals surface area contributed by atoms with Crippen LogP contribution < -0.4 is 10.6 Å². The molecule has 31 heavy (non-hydrogen) atoms. The first-order valence-electron chi connectivity index (χ1n) is 10.0. The van der Waals surface area contributed by atoms with Crippen LogP contribution in [0, 0.1) is 0 Å². The number of carbonyl (C=O) groups excluding carboxylic acids is 2. The van der Waals surface area contributed by atoms with Gasteiger partial charge in [0.25, 0.3) is 11.8 Å². The molecule has 1 aliphatic rings. The molecule has 0 aliphatic carbocycles. The molecule has 6 nitrogen and oxygen atoms in total. The number of phenolic OH excluding ortho intramolecular Hbond substituents is 1. The van der Waals surface area contributed by atoms with Gasteiger partial charge in [0.05, 0.1) is 18.1 Å². The summed E-state index contributed by atoms with van der Waals surface area (Å²) in [6.45, 7) is 6.62. The lowest BCUT2D eigenvalue weighted by atomic mass is 9.83. The summed E-state index contributed by atoms with van der Waals surface area (Å²) in [6, 6.07) is 12.5. The number of benzene rings is 2. The third kappa shape index (κ3) is 4.10. The van der Waals surface area contributed by atoms with Crippen LogP contribution in [0.25, 0.3) is 16.7 Å². The molecule has 0 atom stereocenters. The summed E-state index contributed by atoms with van der Waals surface area (Å²) in [5.74, 6) is -0.687. The van der Waals surface area contributed by atoms with Gasteiger partial charge in [-0.05, 0) is 52.4 Å². The monoisotopic (exact) mass is 416 g/mol. The second kappa shape index (κ2) is 7.80. The van der Waals surface area contributed by atoms with Crippen LogP contribution in [0.2, 0.25) is 0 Å². The first kappa shape index (κ1) is 20.5. The maximum atomic E-state index is 12.6. The molecule has 3 aromatic rings. The van der Waals surface area contributed by atoms with Crippen LogP contribution in [0.3, 0.4) is 0 Å². The van der Waals surface area contributed by atoms with Gasteiger partial charge in [-0.15, -0.1) is 0 Å². The number of aromatic hydroxyl groups is 1. The van der Waals surface area contributed by atoms with Crippen LogP contribution in [-0.4, -0.2) is 16.9 Å². The largest absolute Gasteiger partial charge is 0.508 e. The Hall–Kier alpha value is -3.80. The highest BCUT2D eigenvalue weighted by atomic mass is 16.3. The van der Waals surface area contributed by atoms with E-state index < -0.39 is 11.8 Å². The van der Waals surface area contributed by atoms with Crippen molar-refractivity contribution in [2.75, 3.05) is 0 Å². The zero-order chi connectivity index (χ0) is 22.2. The minimum Gasteiger partial charge on any atom is -0.508 e. The van der Waals surface area contributed by atoms with Crippen LogP contribution in [0.15, 0.2) is 65.6 Å². The van der Waals surface area contributed by atoms with E-state index in [1.165, 1.54) is 0 Å². The number of hydrogen-bond acceptors (Lipinski definition) is 5. The maximum Gasteiger partial charge on any atom is 0.260 e. The highest BCUT2D eigenvalue weighted by molar-refractivity contribution is 6.31. The molecule has 0 unspecified atom stereocenters. The molecule has 3 N–H and O–H groups in total. The summed E-state index contributed by atoms with van der Waals surface area (Å²) < 4.78 is 5.18. The van der Waals surface area contributed by atoms with Crippen LogP contribution >= 0.6 is 0 Å². The number of phenols is 1. The van der Waals surface area contributed by atoms with Crippen molar-refractivity contribution >= 4 is 17.4 Å². The Morgan fingerprint density at radius 3 is 2.48 bits per heavy atom. The normalized spacial score (nSPS) is 15.0. The Kier molecular flexibility index (Phi) is 5.15. The van der Waals surface area contributed by atoms with Gasteiger partial charge in [0.2, 0.25) is 0 Å². The van der Waals surface area contributed by atoms with Crippen molar-refractivity contribution in [2.24, 2.45) is 0 Å². The molecule has 6 heteroatoms. The number of imide groups is 1. The molecule has 2 aromatic carbocycles. The van der Waals surface area contributed by atoms with E-state index in [1.807, 2.05) is 24.3 Å². The van der Waals surface area contributed by atoms with Gasteiger partial charge in [-0.1, -0.05) is 32.9 Å². The predicted molar refractivity (Wildman–Crippen MR) is 118 cm³/mol. The second-order valence-electron chi connectivity index (χ2n) is 8.59. The summed E-state index contributed by atoms with van der Waals surface area (Å²) in [6.07, 6.45) is 4.85. The van der Waals surface area contributed by atoms with Crippen molar-refractivity contribution in [3.8, 4) is 16.9 Å². The lowest BCUT2D eigenvalue weighted by Gasteiger charge is -2.24. The lowest BCUT2D eigenvalue weighted by Crippen LogP contribution is -2.37. The Morgan fingerprint density at radius 1 is 1.00 bits per heavy atom. The number of fused-ring (bicyclic) bond motifs is 1. The van der Waals surface area contributed by atoms with E-state index in [9.17, 15) is 14.7 Å². The van der Waals surface area contributed by atoms with E-state index in [1.54, 1.807) is 36.9 Å². The Balaban J connectivity index is 1.67. The molecule has 158 valence electrons. The first-order chi connectivity index (χ1) is 14.7. The van der Waals surface area contributed by atoms with Crippen LogP contribution in [-0.2, 0) is 16.8 Å². The van der Waals surface area contributed by atoms with E-state index in [0.29, 0.717) is 23.2 Å². The zero-order valence-electron chi connectivity index (χ0n) is 17.7. The third-order valence-electron chi connectivity index (χ3n) is 5.35. The van der Waals surface area contributed by atoms with E-state index in [0.717, 1.165) is 22.3 Å². The SMILES string of the molecule is CC(C)(C)c1ccc2c(c1)/C(=C/NCc1cc(O)ccc1-c1ccoc1)C(=O)NC2=O. The van der Waals surface area contributed by atoms with Crippen molar-refractivity contribution in [2.45, 2.75) is 32.7 Å². The minimum absolute atomic E-state index is 0.119. The molecule has 1 aliphatic heterocycles. The molecule has 0 bridgehead atoms. The number of nitrogens with one attached hydrogen (secondary N) is 2. The van der Waals surface area contributed by atoms with Gasteiger partial charge in [-0.2, -0.15) is 0 Å². The molecule has 0 spiro atoms. The van der Waals surface area contributed by atoms with E-state index in [-0.39, 0.29) is 11.2 Å². The topological polar surface area (TPSA) is 91.6 Å². The fourth-order valence-electron chi connectivity index (χ4n) is 3.62. The number of amides is 2. The van der Waals surface area contributed by atoms with Crippen molar-refractivity contribution in [1.82, 2.24) is 10.6 Å². The van der Waals surface area contributed by atoms with Gasteiger partial charge in [-0.25, -0.2) is 0 Å². The van der Waals surface area contributed by atoms with E-state index >= 15 is 0 Å². The van der Waals surface area contributed by atoms with Crippen molar-refractivity contribution < 1.29 is 19.1 Å². The van der Waals surface area contributed by atoms with Gasteiger partial charge in [0, 0.05) is 29.4 Å². The first-order valence-corrected chi connectivity index (χ1v) is 10.0. The Bertz CT molecular complexity index is 1180. The molecule has 0 radical (unpaired) electrons. The molecular formula is C25H24N2O4. The fraction of sp³-hybridized carbons (Fsp3) is 0.200. The Labute approximate surface area is 180 Å². The summed E-state index contributed by atoms with van der Waals surface area (Å²) in [5.41, 5.74) is 5.04. The predicted octanol–water partition coefficient (Wildman–Crippen LogP) is 4.35. The van der Waals surface area contributed by atoms with Gasteiger partial charge >= 0.3 is 0 Å². The van der Waals surface area contributed by atoms with E-state index in [4.69, 9.17) is 4.42 Å². The molecule has 2 amide bonds. The Morgan fingerprint density at radius 2 is 1.77 bits per heavy atom. The zero-order valence-corrected chi connectivity index (χ0v) is 17.7. The van der Waals surface area contributed by atoms with Crippen LogP contribution in [0.5, 0.6) is 5.75 Å². The average Bonchev–Trinajstić information content (AvgIpc) is 3.24. The number of hydrogen-bond donors (Lipinski definition) is 3. The highest BCUT2D eigenvalue weighted by Gasteiger charge is 2.28. The van der Waals surface area contributed by atoms with Crippen molar-refractivity contribution in [1.29, 1.82) is 0 Å². The second-order valence-corrected chi connectivity index (χ2v) is 8.59. The average molecular weight is 416 g/mol. The van der Waals surface area contributed by atoms with Gasteiger partial charge < -0.3 is 14.8 Å². The van der Waals surface area contributed by atoms with Gasteiger partial charge in [0.1, 0.15) is 5.75 Å². The third-order valence-corrected chi connectivity index (χ3v) is 5.35. The quantitative estimate of drug-likeness (QED) is 0.434. The van der Waals surface area contributed by atoms with Crippen molar-refractivity contribution in [3.63, 3.8) is 0 Å². The maximum absolute atomic E-state index is 12.6. The lowest BCUT2D eigenvalue weighted by molar-refractivity contribution is -0.114. The van der Waals surface area contributed by atoms with Gasteiger partial charge in [0.15, 0.2) is 0 Å². The molecule has 0 saturated carbocycles. The van der Waals surface area contributed by atoms with Crippen LogP contribution in [0.1, 0.15) is 47.8 Å². The molecule has 4 rings (SSSR count). The summed E-state index contributed by atoms with van der Waals surface area (Å²) in [7, 11) is 0. The smallest absolute Gasteiger partial charge is 0.260 e. The summed E-state index contributed by atoms with van der Waals surface area (Å²) >= 11 is 0. The number of rotatable bonds is 4. The summed E-state index contributed by atoms with van der Waals surface area (Å²) in [5, 5.41) is 15.5. The fourth-order valence-corrected chi connectivity index (χ4v) is 3.62.